The standard InChI is InChI=1S/C14H22N2O/c1-10-5-7-12(14(2,3)4)9-11(10)6-8-13(17)16-15/h5,7,9H,6,8,15H2,1-4H3,(H,16,17). The highest BCUT2D eigenvalue weighted by atomic mass is 16.2. The molecule has 1 rings (SSSR count). The van der Waals surface area contributed by atoms with E-state index in [4.69, 9.17) is 5.84 Å². The van der Waals surface area contributed by atoms with Crippen LogP contribution in [0.25, 0.3) is 0 Å². The van der Waals surface area contributed by atoms with Gasteiger partial charge in [-0.3, -0.25) is 10.2 Å². The highest BCUT2D eigenvalue weighted by molar-refractivity contribution is 5.75. The Bertz CT molecular complexity index is 405. The summed E-state index contributed by atoms with van der Waals surface area (Å²) < 4.78 is 0. The number of amides is 1. The molecule has 0 fully saturated rings. The molecule has 1 amide bonds. The first kappa shape index (κ1) is 13.7. The molecule has 3 heteroatoms. The van der Waals surface area contributed by atoms with Crippen LogP contribution >= 0.6 is 0 Å². The monoisotopic (exact) mass is 234 g/mol. The lowest BCUT2D eigenvalue weighted by Crippen LogP contribution is -2.30. The van der Waals surface area contributed by atoms with Crippen LogP contribution in [-0.2, 0) is 16.6 Å². The minimum Gasteiger partial charge on any atom is -0.294 e. The number of carbonyl (C=O) groups excluding carboxylic acids is 1. The zero-order valence-electron chi connectivity index (χ0n) is 11.1. The Morgan fingerprint density at radius 3 is 2.53 bits per heavy atom. The van der Waals surface area contributed by atoms with Gasteiger partial charge in [-0.05, 0) is 35.4 Å². The number of rotatable bonds is 3. The van der Waals surface area contributed by atoms with Gasteiger partial charge in [0.15, 0.2) is 0 Å². The fraction of sp³-hybridized carbons (Fsp3) is 0.500. The quantitative estimate of drug-likeness (QED) is 0.478. The fourth-order valence-corrected chi connectivity index (χ4v) is 1.73. The molecule has 1 aromatic rings. The van der Waals surface area contributed by atoms with E-state index in [2.05, 4.69) is 51.3 Å². The predicted molar refractivity (Wildman–Crippen MR) is 70.5 cm³/mol. The highest BCUT2D eigenvalue weighted by Gasteiger charge is 2.14. The number of hydrogen-bond donors (Lipinski definition) is 2. The Labute approximate surface area is 103 Å². The number of hydrogen-bond acceptors (Lipinski definition) is 2. The zero-order chi connectivity index (χ0) is 13.1. The van der Waals surface area contributed by atoms with E-state index in [9.17, 15) is 4.79 Å². The highest BCUT2D eigenvalue weighted by Crippen LogP contribution is 2.24. The van der Waals surface area contributed by atoms with Crippen molar-refractivity contribution in [1.82, 2.24) is 5.43 Å². The molecule has 0 unspecified atom stereocenters. The summed E-state index contributed by atoms with van der Waals surface area (Å²) >= 11 is 0. The number of aryl methyl sites for hydroxylation is 2. The van der Waals surface area contributed by atoms with Crippen LogP contribution in [-0.4, -0.2) is 5.91 Å². The van der Waals surface area contributed by atoms with E-state index < -0.39 is 0 Å². The summed E-state index contributed by atoms with van der Waals surface area (Å²) in [5.74, 6) is 4.95. The van der Waals surface area contributed by atoms with Crippen LogP contribution in [0.1, 0.15) is 43.9 Å². The van der Waals surface area contributed by atoms with Crippen molar-refractivity contribution >= 4 is 5.91 Å². The second kappa shape index (κ2) is 5.32. The first-order valence-corrected chi connectivity index (χ1v) is 5.94. The van der Waals surface area contributed by atoms with Crippen LogP contribution in [0.4, 0.5) is 0 Å². The summed E-state index contributed by atoms with van der Waals surface area (Å²) in [6.45, 7) is 8.64. The maximum atomic E-state index is 11.1. The van der Waals surface area contributed by atoms with Crippen LogP contribution in [0.2, 0.25) is 0 Å². The fourth-order valence-electron chi connectivity index (χ4n) is 1.73. The largest absolute Gasteiger partial charge is 0.294 e. The molecular formula is C14H22N2O. The number of carbonyl (C=O) groups is 1. The Hall–Kier alpha value is -1.35. The molecule has 0 bridgehead atoms. The number of benzene rings is 1. The first-order valence-electron chi connectivity index (χ1n) is 5.94. The summed E-state index contributed by atoms with van der Waals surface area (Å²) in [6, 6.07) is 6.47. The van der Waals surface area contributed by atoms with E-state index >= 15 is 0 Å². The summed E-state index contributed by atoms with van der Waals surface area (Å²) in [6.07, 6.45) is 1.17. The van der Waals surface area contributed by atoms with Crippen molar-refractivity contribution < 1.29 is 4.79 Å². The van der Waals surface area contributed by atoms with E-state index in [0.29, 0.717) is 6.42 Å². The molecule has 0 saturated heterocycles. The van der Waals surface area contributed by atoms with Gasteiger partial charge in [0, 0.05) is 6.42 Å². The molecule has 0 radical (unpaired) electrons. The maximum absolute atomic E-state index is 11.1. The summed E-state index contributed by atoms with van der Waals surface area (Å²) in [7, 11) is 0. The molecule has 3 N–H and O–H groups in total. The van der Waals surface area contributed by atoms with Crippen molar-refractivity contribution in [3.8, 4) is 0 Å². The Morgan fingerprint density at radius 1 is 1.35 bits per heavy atom. The van der Waals surface area contributed by atoms with Gasteiger partial charge in [-0.25, -0.2) is 5.84 Å². The van der Waals surface area contributed by atoms with Crippen molar-refractivity contribution in [1.29, 1.82) is 0 Å². The molecule has 0 aromatic heterocycles. The van der Waals surface area contributed by atoms with Gasteiger partial charge in [0.2, 0.25) is 5.91 Å². The van der Waals surface area contributed by atoms with Crippen LogP contribution in [0.3, 0.4) is 0 Å². The van der Waals surface area contributed by atoms with Crippen LogP contribution in [0.5, 0.6) is 0 Å². The average Bonchev–Trinajstić information content (AvgIpc) is 2.26. The maximum Gasteiger partial charge on any atom is 0.234 e. The molecule has 94 valence electrons. The summed E-state index contributed by atoms with van der Waals surface area (Å²) in [5, 5.41) is 0. The Kier molecular flexibility index (Phi) is 4.29. The van der Waals surface area contributed by atoms with Crippen LogP contribution < -0.4 is 11.3 Å². The van der Waals surface area contributed by atoms with Gasteiger partial charge in [0.05, 0.1) is 0 Å². The molecule has 0 atom stereocenters. The van der Waals surface area contributed by atoms with Crippen molar-refractivity contribution in [2.24, 2.45) is 5.84 Å². The summed E-state index contributed by atoms with van der Waals surface area (Å²) in [5.41, 5.74) is 6.04. The second-order valence-corrected chi connectivity index (χ2v) is 5.46. The smallest absolute Gasteiger partial charge is 0.234 e. The van der Waals surface area contributed by atoms with Gasteiger partial charge in [0.1, 0.15) is 0 Å². The molecule has 0 aliphatic carbocycles. The van der Waals surface area contributed by atoms with Crippen molar-refractivity contribution in [3.63, 3.8) is 0 Å². The van der Waals surface area contributed by atoms with Crippen molar-refractivity contribution in [2.75, 3.05) is 0 Å². The minimum atomic E-state index is -0.120. The lowest BCUT2D eigenvalue weighted by Gasteiger charge is -2.20. The molecule has 3 nitrogen and oxygen atoms in total. The molecule has 0 aliphatic rings. The Balaban J connectivity index is 2.88. The topological polar surface area (TPSA) is 55.1 Å². The predicted octanol–water partition coefficient (Wildman–Crippen LogP) is 2.22. The normalized spacial score (nSPS) is 11.4. The number of nitrogens with two attached hydrogens (primary N) is 1. The third-order valence-corrected chi connectivity index (χ3v) is 3.00. The first-order chi connectivity index (χ1) is 7.84. The second-order valence-electron chi connectivity index (χ2n) is 5.46. The van der Waals surface area contributed by atoms with Gasteiger partial charge in [-0.15, -0.1) is 0 Å². The van der Waals surface area contributed by atoms with Crippen molar-refractivity contribution in [3.05, 3.63) is 34.9 Å². The van der Waals surface area contributed by atoms with E-state index in [-0.39, 0.29) is 11.3 Å². The molecule has 1 aromatic carbocycles. The number of hydrazine groups is 1. The van der Waals surface area contributed by atoms with Crippen molar-refractivity contribution in [2.45, 2.75) is 46.0 Å². The van der Waals surface area contributed by atoms with Gasteiger partial charge < -0.3 is 0 Å². The van der Waals surface area contributed by atoms with Gasteiger partial charge in [-0.2, -0.15) is 0 Å². The van der Waals surface area contributed by atoms with Gasteiger partial charge in [0.25, 0.3) is 0 Å². The van der Waals surface area contributed by atoms with E-state index in [0.717, 1.165) is 6.42 Å². The van der Waals surface area contributed by atoms with E-state index in [1.54, 1.807) is 0 Å². The third kappa shape index (κ3) is 3.86. The lowest BCUT2D eigenvalue weighted by atomic mass is 9.85. The minimum absolute atomic E-state index is 0.120. The average molecular weight is 234 g/mol. The molecule has 17 heavy (non-hydrogen) atoms. The summed E-state index contributed by atoms with van der Waals surface area (Å²) in [4.78, 5) is 11.1. The zero-order valence-corrected chi connectivity index (χ0v) is 11.1. The molecule has 0 aliphatic heterocycles. The van der Waals surface area contributed by atoms with E-state index in [1.165, 1.54) is 16.7 Å². The molecule has 0 saturated carbocycles. The van der Waals surface area contributed by atoms with Gasteiger partial charge >= 0.3 is 0 Å². The number of nitrogens with one attached hydrogen (secondary N) is 1. The van der Waals surface area contributed by atoms with Crippen LogP contribution in [0, 0.1) is 6.92 Å². The molecular weight excluding hydrogens is 212 g/mol. The SMILES string of the molecule is Cc1ccc(C(C)(C)C)cc1CCC(=O)NN. The molecule has 0 heterocycles. The molecule has 0 spiro atoms. The third-order valence-electron chi connectivity index (χ3n) is 3.00. The van der Waals surface area contributed by atoms with E-state index in [1.807, 2.05) is 0 Å². The Morgan fingerprint density at radius 2 is 2.00 bits per heavy atom. The van der Waals surface area contributed by atoms with Crippen LogP contribution in [0.15, 0.2) is 18.2 Å². The lowest BCUT2D eigenvalue weighted by molar-refractivity contribution is -0.121. The van der Waals surface area contributed by atoms with Gasteiger partial charge in [-0.1, -0.05) is 39.0 Å².